The predicted molar refractivity (Wildman–Crippen MR) is 110 cm³/mol. The van der Waals surface area contributed by atoms with Gasteiger partial charge in [-0.05, 0) is 46.8 Å². The number of pyridine rings is 1. The zero-order valence-corrected chi connectivity index (χ0v) is 15.3. The lowest BCUT2D eigenvalue weighted by molar-refractivity contribution is 0.0963. The maximum Gasteiger partial charge on any atom is 0.258 e. The lowest BCUT2D eigenvalue weighted by Gasteiger charge is -2.09. The second kappa shape index (κ2) is 7.32. The van der Waals surface area contributed by atoms with Crippen molar-refractivity contribution in [3.05, 3.63) is 87.6 Å². The molecule has 0 bridgehead atoms. The van der Waals surface area contributed by atoms with Crippen molar-refractivity contribution in [2.75, 3.05) is 6.98 Å². The van der Waals surface area contributed by atoms with Crippen molar-refractivity contribution in [1.29, 1.82) is 0 Å². The van der Waals surface area contributed by atoms with Gasteiger partial charge in [0, 0.05) is 33.8 Å². The van der Waals surface area contributed by atoms with Crippen molar-refractivity contribution in [3.63, 3.8) is 0 Å². The minimum Gasteiger partial charge on any atom is -0.355 e. The Morgan fingerprint density at radius 2 is 2.18 bits per heavy atom. The lowest BCUT2D eigenvalue weighted by Crippen LogP contribution is -2.21. The molecule has 7 heteroatoms. The fraction of sp³-hybridized carbons (Fsp3) is 0.0952. The molecule has 0 aliphatic heterocycles. The van der Waals surface area contributed by atoms with Crippen LogP contribution in [0.4, 0.5) is 0 Å². The molecule has 2 heterocycles. The number of aromatic nitrogens is 3. The monoisotopic (exact) mass is 395 g/mol. The molecule has 28 heavy (non-hydrogen) atoms. The van der Waals surface area contributed by atoms with Crippen molar-refractivity contribution >= 4 is 28.3 Å². The third-order valence-electron chi connectivity index (χ3n) is 4.54. The van der Waals surface area contributed by atoms with E-state index in [4.69, 9.17) is 15.7 Å². The first-order chi connectivity index (χ1) is 14.7. The van der Waals surface area contributed by atoms with E-state index in [1.165, 1.54) is 10.6 Å². The van der Waals surface area contributed by atoms with Crippen LogP contribution in [0.3, 0.4) is 0 Å². The van der Waals surface area contributed by atoms with Gasteiger partial charge in [0.1, 0.15) is 5.15 Å². The van der Waals surface area contributed by atoms with Gasteiger partial charge in [0.05, 0.1) is 12.7 Å². The number of fused-ring (bicyclic) bond motifs is 1. The van der Waals surface area contributed by atoms with Crippen molar-refractivity contribution in [2.45, 2.75) is 6.54 Å². The number of hydrogen-bond acceptors (Lipinski definition) is 3. The molecule has 1 amide bonds. The summed E-state index contributed by atoms with van der Waals surface area (Å²) < 4.78 is 23.0. The Hall–Kier alpha value is -3.38. The standard InChI is InChI=1S/C21H17ClN4O2/c1-23-20(27)16-4-2-3-13(9-16)12-26-8-7-15-10-14(5-6-17(15)21(26)28)18-11-24-25-19(18)22/h2-11H,12H2,1H3,(H,23,27)(H,24,25)/i1D3. The largest absolute Gasteiger partial charge is 0.355 e. The molecule has 0 unspecified atom stereocenters. The summed E-state index contributed by atoms with van der Waals surface area (Å²) in [5.74, 6) is -0.696. The molecule has 4 rings (SSSR count). The predicted octanol–water partition coefficient (Wildman–Crippen LogP) is 3.45. The normalized spacial score (nSPS) is 13.0. The smallest absolute Gasteiger partial charge is 0.258 e. The van der Waals surface area contributed by atoms with E-state index in [0.717, 1.165) is 16.5 Å². The van der Waals surface area contributed by atoms with Crippen molar-refractivity contribution in [1.82, 2.24) is 20.1 Å². The van der Waals surface area contributed by atoms with Gasteiger partial charge in [0.2, 0.25) is 0 Å². The maximum atomic E-state index is 13.0. The van der Waals surface area contributed by atoms with Gasteiger partial charge in [-0.1, -0.05) is 29.8 Å². The molecule has 0 radical (unpaired) electrons. The SMILES string of the molecule is [2H]C([2H])([2H])NC(=O)c1cccc(Cn2ccc3cc(-c4cn[nH]c4Cl)ccc3c2=O)c1. The van der Waals surface area contributed by atoms with Crippen LogP contribution in [0.1, 0.15) is 20.0 Å². The third-order valence-corrected chi connectivity index (χ3v) is 4.82. The lowest BCUT2D eigenvalue weighted by atomic mass is 10.0. The number of carbonyl (C=O) groups is 1. The molecule has 4 aromatic rings. The maximum absolute atomic E-state index is 13.0. The number of hydrogen-bond donors (Lipinski definition) is 2. The van der Waals surface area contributed by atoms with Crippen LogP contribution in [0.15, 0.2) is 65.7 Å². The van der Waals surface area contributed by atoms with E-state index in [0.29, 0.717) is 16.1 Å². The van der Waals surface area contributed by atoms with E-state index >= 15 is 0 Å². The number of carbonyl (C=O) groups excluding carboxylic acids is 1. The zero-order valence-electron chi connectivity index (χ0n) is 17.6. The van der Waals surface area contributed by atoms with Gasteiger partial charge in [0.25, 0.3) is 11.5 Å². The van der Waals surface area contributed by atoms with Gasteiger partial charge >= 0.3 is 0 Å². The van der Waals surface area contributed by atoms with Crippen molar-refractivity contribution < 1.29 is 8.91 Å². The van der Waals surface area contributed by atoms with Crippen LogP contribution in [0.25, 0.3) is 21.9 Å². The number of nitrogens with zero attached hydrogens (tertiary/aromatic N) is 2. The molecule has 0 fully saturated rings. The average Bonchev–Trinajstić information content (AvgIpc) is 3.15. The molecule has 2 aromatic heterocycles. The molecule has 0 spiro atoms. The fourth-order valence-electron chi connectivity index (χ4n) is 3.13. The Bertz CT molecular complexity index is 1340. The van der Waals surface area contributed by atoms with Crippen LogP contribution in [-0.2, 0) is 6.54 Å². The summed E-state index contributed by atoms with van der Waals surface area (Å²) in [6.45, 7) is -2.33. The highest BCUT2D eigenvalue weighted by Gasteiger charge is 2.10. The molecular weight excluding hydrogens is 376 g/mol. The molecule has 0 saturated carbocycles. The van der Waals surface area contributed by atoms with Crippen molar-refractivity contribution in [3.8, 4) is 11.1 Å². The Labute approximate surface area is 170 Å². The minimum atomic E-state index is -2.57. The molecule has 6 nitrogen and oxygen atoms in total. The molecule has 2 aromatic carbocycles. The van der Waals surface area contributed by atoms with Gasteiger partial charge in [-0.15, -0.1) is 0 Å². The summed E-state index contributed by atoms with van der Waals surface area (Å²) in [6.07, 6.45) is 3.31. The molecule has 0 aliphatic carbocycles. The molecule has 0 saturated heterocycles. The summed E-state index contributed by atoms with van der Waals surface area (Å²) in [4.78, 5) is 25.1. The summed E-state index contributed by atoms with van der Waals surface area (Å²) in [5, 5.41) is 10.3. The summed E-state index contributed by atoms with van der Waals surface area (Å²) in [7, 11) is 0. The summed E-state index contributed by atoms with van der Waals surface area (Å²) in [6, 6.07) is 13.8. The highest BCUT2D eigenvalue weighted by atomic mass is 35.5. The average molecular weight is 396 g/mol. The molecule has 140 valence electrons. The summed E-state index contributed by atoms with van der Waals surface area (Å²) >= 11 is 6.10. The Balaban J connectivity index is 1.63. The molecular formula is C21H17ClN4O2. The van der Waals surface area contributed by atoms with Crippen LogP contribution in [0, 0.1) is 0 Å². The number of benzene rings is 2. The topological polar surface area (TPSA) is 79.8 Å². The van der Waals surface area contributed by atoms with Gasteiger partial charge < -0.3 is 9.88 Å². The minimum absolute atomic E-state index is 0.181. The second-order valence-electron chi connectivity index (χ2n) is 6.30. The highest BCUT2D eigenvalue weighted by Crippen LogP contribution is 2.27. The van der Waals surface area contributed by atoms with Gasteiger partial charge in [-0.2, -0.15) is 5.10 Å². The van der Waals surface area contributed by atoms with E-state index in [-0.39, 0.29) is 17.7 Å². The number of H-pyrrole nitrogens is 1. The molecule has 2 N–H and O–H groups in total. The first-order valence-electron chi connectivity index (χ1n) is 9.95. The number of nitrogens with one attached hydrogen (secondary N) is 2. The van der Waals surface area contributed by atoms with Crippen LogP contribution in [0.5, 0.6) is 0 Å². The number of amides is 1. The van der Waals surface area contributed by atoms with Gasteiger partial charge in [-0.25, -0.2) is 0 Å². The Morgan fingerprint density at radius 3 is 2.96 bits per heavy atom. The Morgan fingerprint density at radius 1 is 1.29 bits per heavy atom. The van der Waals surface area contributed by atoms with Gasteiger partial charge in [-0.3, -0.25) is 14.7 Å². The van der Waals surface area contributed by atoms with Gasteiger partial charge in [0.15, 0.2) is 0 Å². The zero-order chi connectivity index (χ0) is 22.2. The first-order valence-corrected chi connectivity index (χ1v) is 8.83. The summed E-state index contributed by atoms with van der Waals surface area (Å²) in [5.41, 5.74) is 2.32. The van der Waals surface area contributed by atoms with Crippen LogP contribution in [-0.4, -0.2) is 27.6 Å². The van der Waals surface area contributed by atoms with E-state index in [9.17, 15) is 9.59 Å². The first kappa shape index (κ1) is 14.6. The number of rotatable bonds is 4. The van der Waals surface area contributed by atoms with E-state index < -0.39 is 12.9 Å². The van der Waals surface area contributed by atoms with Crippen LogP contribution in [0.2, 0.25) is 5.15 Å². The Kier molecular flexibility index (Phi) is 3.83. The third kappa shape index (κ3) is 3.30. The molecule has 0 atom stereocenters. The number of aromatic amines is 1. The highest BCUT2D eigenvalue weighted by molar-refractivity contribution is 6.32. The molecule has 0 aliphatic rings. The quantitative estimate of drug-likeness (QED) is 0.555. The van der Waals surface area contributed by atoms with Crippen LogP contribution < -0.4 is 10.9 Å². The van der Waals surface area contributed by atoms with E-state index in [1.807, 2.05) is 23.5 Å². The van der Waals surface area contributed by atoms with Crippen molar-refractivity contribution in [2.24, 2.45) is 0 Å². The van der Waals surface area contributed by atoms with E-state index in [2.05, 4.69) is 10.2 Å². The number of halogens is 1. The van der Waals surface area contributed by atoms with Crippen LogP contribution >= 0.6 is 11.6 Å². The van der Waals surface area contributed by atoms with E-state index in [1.54, 1.807) is 36.7 Å². The second-order valence-corrected chi connectivity index (χ2v) is 6.68. The fourth-order valence-corrected chi connectivity index (χ4v) is 3.34.